The fourth-order valence-corrected chi connectivity index (χ4v) is 3.28. The Morgan fingerprint density at radius 1 is 1.37 bits per heavy atom. The molecule has 0 saturated carbocycles. The van der Waals surface area contributed by atoms with E-state index >= 15 is 0 Å². The smallest absolute Gasteiger partial charge is 0.227 e. The summed E-state index contributed by atoms with van der Waals surface area (Å²) in [4.78, 5) is 14.9. The average molecular weight is 267 g/mol. The minimum atomic E-state index is -0.202. The highest BCUT2D eigenvalue weighted by atomic mass is 16.2. The first kappa shape index (κ1) is 14.8. The fourth-order valence-electron chi connectivity index (χ4n) is 3.28. The molecule has 1 amide bonds. The van der Waals surface area contributed by atoms with E-state index in [1.54, 1.807) is 0 Å². The van der Waals surface area contributed by atoms with Crippen molar-refractivity contribution in [2.75, 3.05) is 32.7 Å². The lowest BCUT2D eigenvalue weighted by molar-refractivity contribution is -0.129. The minimum absolute atomic E-state index is 0.202. The second kappa shape index (κ2) is 6.23. The molecule has 4 nitrogen and oxygen atoms in total. The quantitative estimate of drug-likeness (QED) is 0.787. The number of hydrogen-bond donors (Lipinski definition) is 2. The number of likely N-dealkylation sites (tertiary alicyclic amines) is 1. The molecule has 0 radical (unpaired) electrons. The maximum atomic E-state index is 12.3. The molecular formula is C15H29N3O. The van der Waals surface area contributed by atoms with E-state index in [2.05, 4.69) is 36.3 Å². The molecule has 2 saturated heterocycles. The van der Waals surface area contributed by atoms with Gasteiger partial charge in [-0.25, -0.2) is 0 Å². The van der Waals surface area contributed by atoms with Crippen molar-refractivity contribution in [2.45, 2.75) is 46.1 Å². The topological polar surface area (TPSA) is 44.4 Å². The number of rotatable bonds is 5. The molecule has 2 atom stereocenters. The Hall–Kier alpha value is -0.610. The van der Waals surface area contributed by atoms with Crippen LogP contribution in [-0.2, 0) is 4.79 Å². The molecule has 2 N–H and O–H groups in total. The number of amides is 1. The molecule has 2 heterocycles. The maximum Gasteiger partial charge on any atom is 0.227 e. The summed E-state index contributed by atoms with van der Waals surface area (Å²) >= 11 is 0. The van der Waals surface area contributed by atoms with E-state index in [-0.39, 0.29) is 11.3 Å². The monoisotopic (exact) mass is 267 g/mol. The van der Waals surface area contributed by atoms with Gasteiger partial charge in [-0.3, -0.25) is 9.69 Å². The predicted octanol–water partition coefficient (Wildman–Crippen LogP) is 1.22. The second-order valence-corrected chi connectivity index (χ2v) is 6.75. The molecule has 0 bridgehead atoms. The van der Waals surface area contributed by atoms with E-state index in [9.17, 15) is 4.79 Å². The number of nitrogens with zero attached hydrogens (tertiary/aromatic N) is 1. The van der Waals surface area contributed by atoms with Crippen molar-refractivity contribution in [3.8, 4) is 0 Å². The maximum absolute atomic E-state index is 12.3. The lowest BCUT2D eigenvalue weighted by atomic mass is 9.88. The molecule has 0 aliphatic carbocycles. The first-order valence-corrected chi connectivity index (χ1v) is 7.76. The van der Waals surface area contributed by atoms with Gasteiger partial charge < -0.3 is 10.6 Å². The van der Waals surface area contributed by atoms with Gasteiger partial charge in [-0.1, -0.05) is 13.8 Å². The average Bonchev–Trinajstić information content (AvgIpc) is 3.01. The zero-order chi connectivity index (χ0) is 13.9. The van der Waals surface area contributed by atoms with E-state index in [0.29, 0.717) is 12.0 Å². The zero-order valence-electron chi connectivity index (χ0n) is 12.7. The summed E-state index contributed by atoms with van der Waals surface area (Å²) in [7, 11) is 0. The fraction of sp³-hybridized carbons (Fsp3) is 0.933. The molecule has 2 unspecified atom stereocenters. The Bertz CT molecular complexity index is 305. The van der Waals surface area contributed by atoms with Gasteiger partial charge in [0.2, 0.25) is 5.91 Å². The van der Waals surface area contributed by atoms with E-state index in [4.69, 9.17) is 0 Å². The standard InChI is InChI=1S/C15H29N3O/c1-12(2)13(18-8-4-5-9-18)10-17-14(19)15(3)6-7-16-11-15/h12-13,16H,4-11H2,1-3H3,(H,17,19). The summed E-state index contributed by atoms with van der Waals surface area (Å²) in [6.07, 6.45) is 3.56. The Morgan fingerprint density at radius 3 is 2.58 bits per heavy atom. The summed E-state index contributed by atoms with van der Waals surface area (Å²) < 4.78 is 0. The number of carbonyl (C=O) groups excluding carboxylic acids is 1. The van der Waals surface area contributed by atoms with Gasteiger partial charge in [-0.15, -0.1) is 0 Å². The van der Waals surface area contributed by atoms with Crippen molar-refractivity contribution >= 4 is 5.91 Å². The van der Waals surface area contributed by atoms with Crippen LogP contribution in [-0.4, -0.2) is 49.6 Å². The highest BCUT2D eigenvalue weighted by molar-refractivity contribution is 5.82. The molecule has 110 valence electrons. The van der Waals surface area contributed by atoms with Crippen molar-refractivity contribution in [1.82, 2.24) is 15.5 Å². The van der Waals surface area contributed by atoms with Crippen LogP contribution in [0.4, 0.5) is 0 Å². The van der Waals surface area contributed by atoms with Crippen molar-refractivity contribution in [3.63, 3.8) is 0 Å². The molecule has 0 spiro atoms. The van der Waals surface area contributed by atoms with E-state index < -0.39 is 0 Å². The van der Waals surface area contributed by atoms with Gasteiger partial charge in [0.05, 0.1) is 5.41 Å². The largest absolute Gasteiger partial charge is 0.354 e. The third kappa shape index (κ3) is 3.48. The van der Waals surface area contributed by atoms with Crippen LogP contribution in [0.2, 0.25) is 0 Å². The third-order valence-corrected chi connectivity index (χ3v) is 4.77. The van der Waals surface area contributed by atoms with Gasteiger partial charge in [0.25, 0.3) is 0 Å². The number of carbonyl (C=O) groups is 1. The van der Waals surface area contributed by atoms with Gasteiger partial charge in [0.15, 0.2) is 0 Å². The summed E-state index contributed by atoms with van der Waals surface area (Å²) in [6, 6.07) is 0.490. The summed E-state index contributed by atoms with van der Waals surface area (Å²) in [5.74, 6) is 0.815. The lowest BCUT2D eigenvalue weighted by Gasteiger charge is -2.32. The molecule has 2 fully saturated rings. The van der Waals surface area contributed by atoms with E-state index in [0.717, 1.165) is 26.1 Å². The van der Waals surface area contributed by atoms with Gasteiger partial charge >= 0.3 is 0 Å². The lowest BCUT2D eigenvalue weighted by Crippen LogP contribution is -2.49. The molecule has 0 aromatic rings. The molecule has 2 aliphatic rings. The van der Waals surface area contributed by atoms with Crippen LogP contribution >= 0.6 is 0 Å². The second-order valence-electron chi connectivity index (χ2n) is 6.75. The van der Waals surface area contributed by atoms with Crippen LogP contribution in [0.15, 0.2) is 0 Å². The van der Waals surface area contributed by atoms with Crippen molar-refractivity contribution < 1.29 is 4.79 Å². The molecule has 2 aliphatic heterocycles. The number of hydrogen-bond acceptors (Lipinski definition) is 3. The van der Waals surface area contributed by atoms with E-state index in [1.165, 1.54) is 25.9 Å². The Kier molecular flexibility index (Phi) is 4.85. The van der Waals surface area contributed by atoms with Crippen LogP contribution in [0.1, 0.15) is 40.0 Å². The first-order chi connectivity index (χ1) is 9.03. The predicted molar refractivity (Wildman–Crippen MR) is 78.0 cm³/mol. The molecule has 2 rings (SSSR count). The molecule has 0 aromatic heterocycles. The Morgan fingerprint density at radius 2 is 2.05 bits per heavy atom. The van der Waals surface area contributed by atoms with Crippen LogP contribution in [0.25, 0.3) is 0 Å². The molecule has 19 heavy (non-hydrogen) atoms. The first-order valence-electron chi connectivity index (χ1n) is 7.76. The van der Waals surface area contributed by atoms with Crippen LogP contribution in [0.5, 0.6) is 0 Å². The highest BCUT2D eigenvalue weighted by Gasteiger charge is 2.36. The van der Waals surface area contributed by atoms with Crippen molar-refractivity contribution in [2.24, 2.45) is 11.3 Å². The SMILES string of the molecule is CC(C)C(CNC(=O)C1(C)CCNC1)N1CCCC1. The summed E-state index contributed by atoms with van der Waals surface area (Å²) in [5.41, 5.74) is -0.202. The highest BCUT2D eigenvalue weighted by Crippen LogP contribution is 2.25. The van der Waals surface area contributed by atoms with Gasteiger partial charge in [0.1, 0.15) is 0 Å². The molecule has 4 heteroatoms. The van der Waals surface area contributed by atoms with E-state index in [1.807, 2.05) is 0 Å². The van der Waals surface area contributed by atoms with Crippen molar-refractivity contribution in [1.29, 1.82) is 0 Å². The molecule has 0 aromatic carbocycles. The van der Waals surface area contributed by atoms with Crippen LogP contribution in [0.3, 0.4) is 0 Å². The van der Waals surface area contributed by atoms with Gasteiger partial charge in [0, 0.05) is 19.1 Å². The minimum Gasteiger partial charge on any atom is -0.354 e. The Labute approximate surface area is 117 Å². The Balaban J connectivity index is 1.86. The van der Waals surface area contributed by atoms with Crippen LogP contribution < -0.4 is 10.6 Å². The van der Waals surface area contributed by atoms with Crippen molar-refractivity contribution in [3.05, 3.63) is 0 Å². The summed E-state index contributed by atoms with van der Waals surface area (Å²) in [6.45, 7) is 11.5. The van der Waals surface area contributed by atoms with Gasteiger partial charge in [-0.2, -0.15) is 0 Å². The normalized spacial score (nSPS) is 29.9. The zero-order valence-corrected chi connectivity index (χ0v) is 12.7. The number of nitrogens with one attached hydrogen (secondary N) is 2. The van der Waals surface area contributed by atoms with Gasteiger partial charge in [-0.05, 0) is 51.7 Å². The molecular weight excluding hydrogens is 238 g/mol. The summed E-state index contributed by atoms with van der Waals surface area (Å²) in [5, 5.41) is 6.49. The third-order valence-electron chi connectivity index (χ3n) is 4.77. The van der Waals surface area contributed by atoms with Crippen LogP contribution in [0, 0.1) is 11.3 Å².